The maximum absolute atomic E-state index is 12.4. The lowest BCUT2D eigenvalue weighted by atomic mass is 9.80. The highest BCUT2D eigenvalue weighted by atomic mass is 16.5. The molecule has 0 bridgehead atoms. The monoisotopic (exact) mass is 376 g/mol. The molecule has 3 aliphatic rings. The molecule has 1 aromatic heterocycles. The third-order valence-electron chi connectivity index (χ3n) is 6.11. The minimum atomic E-state index is 0.298. The molecule has 8 nitrogen and oxygen atoms in total. The number of hydrogen-bond donors (Lipinski definition) is 1. The van der Waals surface area contributed by atoms with Crippen molar-refractivity contribution in [3.05, 3.63) is 11.6 Å². The van der Waals surface area contributed by atoms with Crippen LogP contribution in [0.1, 0.15) is 49.7 Å². The van der Waals surface area contributed by atoms with Crippen molar-refractivity contribution in [3.8, 4) is 0 Å². The average Bonchev–Trinajstić information content (AvgIpc) is 3.44. The maximum atomic E-state index is 12.4. The van der Waals surface area contributed by atoms with Crippen LogP contribution in [0.2, 0.25) is 0 Å². The molecule has 1 aliphatic heterocycles. The fourth-order valence-corrected chi connectivity index (χ4v) is 4.20. The molecular formula is C19H32N6O2. The number of nitrogens with zero attached hydrogens (tertiary/aromatic N) is 5. The Balaban J connectivity index is 1.39. The van der Waals surface area contributed by atoms with Gasteiger partial charge in [-0.1, -0.05) is 0 Å². The van der Waals surface area contributed by atoms with E-state index in [1.165, 1.54) is 0 Å². The molecule has 0 atom stereocenters. The fourth-order valence-electron chi connectivity index (χ4n) is 4.20. The highest BCUT2D eigenvalue weighted by Crippen LogP contribution is 2.35. The number of carbonyl (C=O) groups excluding carboxylic acids is 1. The molecule has 2 saturated carbocycles. The van der Waals surface area contributed by atoms with Crippen molar-refractivity contribution in [2.45, 2.75) is 57.2 Å². The van der Waals surface area contributed by atoms with E-state index in [-0.39, 0.29) is 0 Å². The second-order valence-corrected chi connectivity index (χ2v) is 8.28. The van der Waals surface area contributed by atoms with E-state index in [1.54, 1.807) is 7.11 Å². The standard InChI is InChI=1S/C19H32N6O2/c1-27-10-9-25-17(21-22-18(25)15-11-16(20)12-15)13-23-5-2-6-24(8-7-23)19(26)14-3-4-14/h14-16H,2-13,20H2,1H3. The van der Waals surface area contributed by atoms with Crippen LogP contribution >= 0.6 is 0 Å². The zero-order valence-electron chi connectivity index (χ0n) is 16.3. The third kappa shape index (κ3) is 4.33. The Morgan fingerprint density at radius 2 is 2.00 bits per heavy atom. The first kappa shape index (κ1) is 18.8. The molecule has 2 heterocycles. The van der Waals surface area contributed by atoms with E-state index in [1.807, 2.05) is 0 Å². The minimum Gasteiger partial charge on any atom is -0.383 e. The van der Waals surface area contributed by atoms with Crippen molar-refractivity contribution >= 4 is 5.91 Å². The molecule has 0 unspecified atom stereocenters. The van der Waals surface area contributed by atoms with Gasteiger partial charge in [-0.15, -0.1) is 10.2 Å². The highest BCUT2D eigenvalue weighted by Gasteiger charge is 2.35. The van der Waals surface area contributed by atoms with E-state index in [4.69, 9.17) is 10.5 Å². The van der Waals surface area contributed by atoms with Gasteiger partial charge in [0.1, 0.15) is 11.6 Å². The Morgan fingerprint density at radius 3 is 2.70 bits per heavy atom. The summed E-state index contributed by atoms with van der Waals surface area (Å²) < 4.78 is 7.53. The average molecular weight is 377 g/mol. The molecule has 3 fully saturated rings. The normalized spacial score (nSPS) is 26.7. The summed E-state index contributed by atoms with van der Waals surface area (Å²) in [6.45, 7) is 5.81. The van der Waals surface area contributed by atoms with E-state index in [9.17, 15) is 4.79 Å². The number of amides is 1. The van der Waals surface area contributed by atoms with Gasteiger partial charge in [-0.2, -0.15) is 0 Å². The summed E-state index contributed by atoms with van der Waals surface area (Å²) in [6, 6.07) is 0.298. The maximum Gasteiger partial charge on any atom is 0.225 e. The number of nitrogens with two attached hydrogens (primary N) is 1. The molecule has 1 amide bonds. The van der Waals surface area contributed by atoms with Crippen molar-refractivity contribution in [1.29, 1.82) is 0 Å². The number of carbonyl (C=O) groups is 1. The molecule has 1 saturated heterocycles. The zero-order valence-corrected chi connectivity index (χ0v) is 16.3. The number of ether oxygens (including phenoxy) is 1. The van der Waals surface area contributed by atoms with Crippen LogP contribution in [0, 0.1) is 5.92 Å². The van der Waals surface area contributed by atoms with Crippen LogP contribution in [0.15, 0.2) is 0 Å². The Hall–Kier alpha value is -1.51. The Morgan fingerprint density at radius 1 is 1.19 bits per heavy atom. The molecule has 1 aromatic rings. The van der Waals surface area contributed by atoms with Crippen molar-refractivity contribution in [2.24, 2.45) is 11.7 Å². The van der Waals surface area contributed by atoms with Gasteiger partial charge in [0.2, 0.25) is 5.91 Å². The van der Waals surface area contributed by atoms with Crippen molar-refractivity contribution in [2.75, 3.05) is 39.9 Å². The zero-order chi connectivity index (χ0) is 18.8. The van der Waals surface area contributed by atoms with Gasteiger partial charge < -0.3 is 19.9 Å². The molecule has 4 rings (SSSR count). The highest BCUT2D eigenvalue weighted by molar-refractivity contribution is 5.81. The molecular weight excluding hydrogens is 344 g/mol. The summed E-state index contributed by atoms with van der Waals surface area (Å²) in [6.07, 6.45) is 5.17. The molecule has 0 spiro atoms. The number of aromatic nitrogens is 3. The van der Waals surface area contributed by atoms with Gasteiger partial charge >= 0.3 is 0 Å². The van der Waals surface area contributed by atoms with Crippen LogP contribution in [0.25, 0.3) is 0 Å². The largest absolute Gasteiger partial charge is 0.383 e. The van der Waals surface area contributed by atoms with E-state index in [2.05, 4.69) is 24.6 Å². The van der Waals surface area contributed by atoms with Gasteiger partial charge in [-0.3, -0.25) is 9.69 Å². The van der Waals surface area contributed by atoms with E-state index >= 15 is 0 Å². The molecule has 150 valence electrons. The Labute approximate surface area is 161 Å². The minimum absolute atomic E-state index is 0.298. The molecule has 2 N–H and O–H groups in total. The topological polar surface area (TPSA) is 89.5 Å². The molecule has 8 heteroatoms. The SMILES string of the molecule is COCCn1c(CN2CCCN(C(=O)C3CC3)CC2)nnc1C1CC(N)C1. The second kappa shape index (κ2) is 8.24. The molecule has 0 radical (unpaired) electrons. The summed E-state index contributed by atoms with van der Waals surface area (Å²) in [7, 11) is 1.73. The molecule has 27 heavy (non-hydrogen) atoms. The summed E-state index contributed by atoms with van der Waals surface area (Å²) in [4.78, 5) is 16.8. The lowest BCUT2D eigenvalue weighted by Crippen LogP contribution is -2.37. The summed E-state index contributed by atoms with van der Waals surface area (Å²) in [5, 5.41) is 9.01. The van der Waals surface area contributed by atoms with Crippen molar-refractivity contribution < 1.29 is 9.53 Å². The first-order valence-corrected chi connectivity index (χ1v) is 10.3. The number of hydrogen-bond acceptors (Lipinski definition) is 6. The van der Waals surface area contributed by atoms with Gasteiger partial charge in [0.25, 0.3) is 0 Å². The molecule has 2 aliphatic carbocycles. The van der Waals surface area contributed by atoms with E-state index in [0.717, 1.165) is 83.0 Å². The lowest BCUT2D eigenvalue weighted by molar-refractivity contribution is -0.132. The van der Waals surface area contributed by atoms with Gasteiger partial charge in [0.05, 0.1) is 13.2 Å². The summed E-state index contributed by atoms with van der Waals surface area (Å²) in [5.74, 6) is 3.16. The first-order valence-electron chi connectivity index (χ1n) is 10.3. The lowest BCUT2D eigenvalue weighted by Gasteiger charge is -2.32. The smallest absolute Gasteiger partial charge is 0.225 e. The first-order chi connectivity index (χ1) is 13.2. The van der Waals surface area contributed by atoms with Gasteiger partial charge in [0.15, 0.2) is 0 Å². The third-order valence-corrected chi connectivity index (χ3v) is 6.11. The quantitative estimate of drug-likeness (QED) is 0.748. The Kier molecular flexibility index (Phi) is 5.75. The van der Waals surface area contributed by atoms with Crippen molar-refractivity contribution in [3.63, 3.8) is 0 Å². The number of rotatable bonds is 7. The Bertz CT molecular complexity index is 653. The molecule has 0 aromatic carbocycles. The van der Waals surface area contributed by atoms with Crippen LogP contribution in [-0.2, 0) is 22.6 Å². The van der Waals surface area contributed by atoms with Crippen LogP contribution in [-0.4, -0.2) is 76.4 Å². The summed E-state index contributed by atoms with van der Waals surface area (Å²) in [5.41, 5.74) is 5.97. The van der Waals surface area contributed by atoms with Crippen LogP contribution in [0.3, 0.4) is 0 Å². The van der Waals surface area contributed by atoms with Gasteiger partial charge in [0, 0.05) is 57.7 Å². The second-order valence-electron chi connectivity index (χ2n) is 8.28. The van der Waals surface area contributed by atoms with Crippen LogP contribution in [0.5, 0.6) is 0 Å². The van der Waals surface area contributed by atoms with Crippen LogP contribution < -0.4 is 5.73 Å². The van der Waals surface area contributed by atoms with Crippen molar-refractivity contribution in [1.82, 2.24) is 24.6 Å². The fraction of sp³-hybridized carbons (Fsp3) is 0.842. The van der Waals surface area contributed by atoms with E-state index in [0.29, 0.717) is 30.4 Å². The summed E-state index contributed by atoms with van der Waals surface area (Å²) >= 11 is 0. The van der Waals surface area contributed by atoms with Gasteiger partial charge in [-0.05, 0) is 32.1 Å². The number of methoxy groups -OCH3 is 1. The predicted molar refractivity (Wildman–Crippen MR) is 101 cm³/mol. The predicted octanol–water partition coefficient (Wildman–Crippen LogP) is 0.574. The van der Waals surface area contributed by atoms with Gasteiger partial charge in [-0.25, -0.2) is 0 Å². The van der Waals surface area contributed by atoms with E-state index < -0.39 is 0 Å². The van der Waals surface area contributed by atoms with Crippen LogP contribution in [0.4, 0.5) is 0 Å².